The molecule has 0 unspecified atom stereocenters. The number of sulfonamides is 1. The number of amides is 1. The molecule has 0 atom stereocenters. The number of anilines is 1. The van der Waals surface area contributed by atoms with Gasteiger partial charge in [-0.25, -0.2) is 22.1 Å². The average molecular weight is 431 g/mol. The van der Waals surface area contributed by atoms with Crippen LogP contribution in [0.4, 0.5) is 10.2 Å². The lowest BCUT2D eigenvalue weighted by molar-refractivity contribution is -0.120. The van der Waals surface area contributed by atoms with Gasteiger partial charge in [0.25, 0.3) is 0 Å². The molecule has 0 bridgehead atoms. The number of benzene rings is 1. The number of carbonyl (C=O) groups excluding carboxylic acids is 1. The molecule has 2 aromatic heterocycles. The lowest BCUT2D eigenvalue weighted by Gasteiger charge is -2.29. The molecule has 1 amide bonds. The van der Waals surface area contributed by atoms with Crippen molar-refractivity contribution in [2.24, 2.45) is 5.92 Å². The van der Waals surface area contributed by atoms with E-state index in [0.29, 0.717) is 48.7 Å². The minimum Gasteiger partial charge on any atom is -0.310 e. The van der Waals surface area contributed by atoms with Gasteiger partial charge in [-0.3, -0.25) is 9.20 Å². The Kier molecular flexibility index (Phi) is 5.33. The molecule has 7 nitrogen and oxygen atoms in total. The zero-order chi connectivity index (χ0) is 21.5. The number of hydrogen-bond donors (Lipinski definition) is 1. The van der Waals surface area contributed by atoms with Crippen LogP contribution in [0.25, 0.3) is 16.9 Å². The van der Waals surface area contributed by atoms with E-state index in [1.807, 2.05) is 25.3 Å². The van der Waals surface area contributed by atoms with Gasteiger partial charge in [0.2, 0.25) is 15.9 Å². The molecule has 30 heavy (non-hydrogen) atoms. The summed E-state index contributed by atoms with van der Waals surface area (Å²) in [6.07, 6.45) is 3.94. The molecule has 158 valence electrons. The van der Waals surface area contributed by atoms with Crippen molar-refractivity contribution in [1.82, 2.24) is 13.7 Å². The predicted molar refractivity (Wildman–Crippen MR) is 113 cm³/mol. The number of halogens is 1. The van der Waals surface area contributed by atoms with Crippen LogP contribution < -0.4 is 5.32 Å². The van der Waals surface area contributed by atoms with Gasteiger partial charge in [0, 0.05) is 30.8 Å². The number of nitrogens with zero attached hydrogens (tertiary/aromatic N) is 3. The van der Waals surface area contributed by atoms with Gasteiger partial charge < -0.3 is 5.32 Å². The number of fused-ring (bicyclic) bond motifs is 1. The molecule has 0 spiro atoms. The second-order valence-corrected chi connectivity index (χ2v) is 9.66. The number of nitrogens with one attached hydrogen (secondary N) is 1. The van der Waals surface area contributed by atoms with Crippen LogP contribution in [-0.2, 0) is 14.8 Å². The molecule has 4 rings (SSSR count). The first-order valence-corrected chi connectivity index (χ1v) is 11.6. The number of rotatable bonds is 4. The summed E-state index contributed by atoms with van der Waals surface area (Å²) in [6, 6.07) is 9.80. The van der Waals surface area contributed by atoms with Crippen LogP contribution in [-0.4, -0.2) is 47.4 Å². The van der Waals surface area contributed by atoms with E-state index in [9.17, 15) is 17.6 Å². The van der Waals surface area contributed by atoms with Crippen molar-refractivity contribution in [3.05, 3.63) is 54.0 Å². The highest BCUT2D eigenvalue weighted by molar-refractivity contribution is 7.88. The molecular formula is C21H23FN4O3S. The zero-order valence-corrected chi connectivity index (χ0v) is 17.6. The van der Waals surface area contributed by atoms with Gasteiger partial charge in [-0.15, -0.1) is 0 Å². The van der Waals surface area contributed by atoms with Crippen LogP contribution in [0, 0.1) is 18.7 Å². The van der Waals surface area contributed by atoms with Crippen molar-refractivity contribution in [3.8, 4) is 11.3 Å². The van der Waals surface area contributed by atoms with Gasteiger partial charge in [0.1, 0.15) is 23.0 Å². The SMILES string of the molecule is Cc1ccn2c(NC(=O)C3CCN(S(C)(=O)=O)CC3)c(-c3ccc(F)cc3)nc2c1. The number of carbonyl (C=O) groups is 1. The van der Waals surface area contributed by atoms with Crippen molar-refractivity contribution in [1.29, 1.82) is 0 Å². The Morgan fingerprint density at radius 3 is 2.47 bits per heavy atom. The second kappa shape index (κ2) is 7.81. The highest BCUT2D eigenvalue weighted by Crippen LogP contribution is 2.30. The number of hydrogen-bond acceptors (Lipinski definition) is 4. The molecule has 1 aliphatic heterocycles. The van der Waals surface area contributed by atoms with E-state index in [4.69, 9.17) is 0 Å². The van der Waals surface area contributed by atoms with Crippen molar-refractivity contribution in [3.63, 3.8) is 0 Å². The predicted octanol–water partition coefficient (Wildman–Crippen LogP) is 3.06. The van der Waals surface area contributed by atoms with E-state index in [1.165, 1.54) is 22.7 Å². The smallest absolute Gasteiger partial charge is 0.228 e. The molecule has 0 saturated carbocycles. The second-order valence-electron chi connectivity index (χ2n) is 7.67. The summed E-state index contributed by atoms with van der Waals surface area (Å²) in [4.78, 5) is 17.6. The maximum Gasteiger partial charge on any atom is 0.228 e. The third kappa shape index (κ3) is 4.08. The Labute approximate surface area is 174 Å². The molecule has 9 heteroatoms. The Hall–Kier alpha value is -2.78. The number of aryl methyl sites for hydroxylation is 1. The Bertz CT molecular complexity index is 1200. The fourth-order valence-electron chi connectivity index (χ4n) is 3.74. The summed E-state index contributed by atoms with van der Waals surface area (Å²) in [5.41, 5.74) is 2.96. The summed E-state index contributed by atoms with van der Waals surface area (Å²) in [5, 5.41) is 2.99. The van der Waals surface area contributed by atoms with Crippen molar-refractivity contribution in [2.75, 3.05) is 24.7 Å². The first-order chi connectivity index (χ1) is 14.2. The number of imidazole rings is 1. The normalized spacial score (nSPS) is 16.1. The average Bonchev–Trinajstić information content (AvgIpc) is 3.05. The van der Waals surface area contributed by atoms with Crippen LogP contribution in [0.2, 0.25) is 0 Å². The van der Waals surface area contributed by atoms with Crippen LogP contribution in [0.15, 0.2) is 42.6 Å². The van der Waals surface area contributed by atoms with Gasteiger partial charge in [-0.1, -0.05) is 0 Å². The first-order valence-electron chi connectivity index (χ1n) is 9.73. The highest BCUT2D eigenvalue weighted by Gasteiger charge is 2.30. The van der Waals surface area contributed by atoms with Crippen molar-refractivity contribution in [2.45, 2.75) is 19.8 Å². The molecule has 1 saturated heterocycles. The molecule has 0 radical (unpaired) electrons. The molecule has 1 N–H and O–H groups in total. The highest BCUT2D eigenvalue weighted by atomic mass is 32.2. The lowest BCUT2D eigenvalue weighted by atomic mass is 9.97. The summed E-state index contributed by atoms with van der Waals surface area (Å²) >= 11 is 0. The minimum atomic E-state index is -3.25. The largest absolute Gasteiger partial charge is 0.310 e. The number of aromatic nitrogens is 2. The third-order valence-corrected chi connectivity index (χ3v) is 6.74. The first kappa shape index (κ1) is 20.5. The van der Waals surface area contributed by atoms with E-state index < -0.39 is 10.0 Å². The molecule has 0 aliphatic carbocycles. The van der Waals surface area contributed by atoms with Crippen LogP contribution in [0.3, 0.4) is 0 Å². The van der Waals surface area contributed by atoms with Gasteiger partial charge in [0.05, 0.1) is 6.26 Å². The van der Waals surface area contributed by atoms with E-state index >= 15 is 0 Å². The lowest BCUT2D eigenvalue weighted by Crippen LogP contribution is -2.41. The molecular weight excluding hydrogens is 407 g/mol. The number of pyridine rings is 1. The summed E-state index contributed by atoms with van der Waals surface area (Å²) < 4.78 is 40.0. The Balaban J connectivity index is 1.64. The van der Waals surface area contributed by atoms with Crippen molar-refractivity contribution < 1.29 is 17.6 Å². The summed E-state index contributed by atoms with van der Waals surface area (Å²) in [7, 11) is -3.25. The molecule has 3 aromatic rings. The minimum absolute atomic E-state index is 0.172. The van der Waals surface area contributed by atoms with Gasteiger partial charge in [0.15, 0.2) is 0 Å². The topological polar surface area (TPSA) is 83.8 Å². The van der Waals surface area contributed by atoms with Crippen LogP contribution in [0.5, 0.6) is 0 Å². The molecule has 1 aliphatic rings. The molecule has 1 aromatic carbocycles. The standard InChI is InChI=1S/C21H23FN4O3S/c1-14-7-12-26-18(13-14)23-19(15-3-5-17(22)6-4-15)20(26)24-21(27)16-8-10-25(11-9-16)30(2,28)29/h3-7,12-13,16H,8-11H2,1-2H3,(H,24,27). The van der Waals surface area contributed by atoms with Gasteiger partial charge >= 0.3 is 0 Å². The quantitative estimate of drug-likeness (QED) is 0.690. The summed E-state index contributed by atoms with van der Waals surface area (Å²) in [5.74, 6) is -0.289. The number of piperidine rings is 1. The Morgan fingerprint density at radius 2 is 1.83 bits per heavy atom. The van der Waals surface area contributed by atoms with Crippen molar-refractivity contribution >= 4 is 27.4 Å². The monoisotopic (exact) mass is 430 g/mol. The van der Waals surface area contributed by atoms with E-state index in [0.717, 1.165) is 5.56 Å². The van der Waals surface area contributed by atoms with Gasteiger partial charge in [-0.05, 0) is 61.7 Å². The molecule has 1 fully saturated rings. The van der Waals surface area contributed by atoms with Crippen LogP contribution >= 0.6 is 0 Å². The van der Waals surface area contributed by atoms with E-state index in [2.05, 4.69) is 10.3 Å². The van der Waals surface area contributed by atoms with E-state index in [1.54, 1.807) is 16.5 Å². The maximum absolute atomic E-state index is 13.4. The van der Waals surface area contributed by atoms with Gasteiger partial charge in [-0.2, -0.15) is 0 Å². The fourth-order valence-corrected chi connectivity index (χ4v) is 4.62. The summed E-state index contributed by atoms with van der Waals surface area (Å²) in [6.45, 7) is 2.61. The van der Waals surface area contributed by atoms with E-state index in [-0.39, 0.29) is 17.6 Å². The van der Waals surface area contributed by atoms with Crippen LogP contribution in [0.1, 0.15) is 18.4 Å². The molecule has 3 heterocycles. The zero-order valence-electron chi connectivity index (χ0n) is 16.8. The Morgan fingerprint density at radius 1 is 1.17 bits per heavy atom. The third-order valence-electron chi connectivity index (χ3n) is 5.43. The fraction of sp³-hybridized carbons (Fsp3) is 0.333. The maximum atomic E-state index is 13.4.